The highest BCUT2D eigenvalue weighted by Crippen LogP contribution is 2.34. The van der Waals surface area contributed by atoms with E-state index in [1.165, 1.54) is 42.9 Å². The lowest BCUT2D eigenvalue weighted by molar-refractivity contribution is -0.111. The molecule has 0 unspecified atom stereocenters. The summed E-state index contributed by atoms with van der Waals surface area (Å²) in [5, 5.41) is 8.46. The number of amides is 1. The van der Waals surface area contributed by atoms with Crippen molar-refractivity contribution in [1.29, 1.82) is 0 Å². The first-order valence-corrected chi connectivity index (χ1v) is 11.9. The van der Waals surface area contributed by atoms with Crippen molar-refractivity contribution < 1.29 is 18.3 Å². The molecule has 1 aliphatic heterocycles. The summed E-state index contributed by atoms with van der Waals surface area (Å²) in [4.78, 5) is 26.3. The van der Waals surface area contributed by atoms with E-state index in [1.54, 1.807) is 26.3 Å². The third kappa shape index (κ3) is 6.36. The van der Waals surface area contributed by atoms with Crippen LogP contribution in [0, 0.1) is 11.6 Å². The SMILES string of the molecule is C=CC(=O)Nc1ccc(F)c(Nc2nc(N/C(C=NC)=C/N)ncc2-c2ccc(N3CC(OC)C3)c(F)c2)c1. The van der Waals surface area contributed by atoms with Crippen molar-refractivity contribution in [3.63, 3.8) is 0 Å². The third-order valence-corrected chi connectivity index (χ3v) is 5.95. The zero-order valence-corrected chi connectivity index (χ0v) is 21.4. The smallest absolute Gasteiger partial charge is 0.247 e. The first-order valence-electron chi connectivity index (χ1n) is 11.9. The minimum absolute atomic E-state index is 0.0238. The molecule has 3 aromatic rings. The van der Waals surface area contributed by atoms with E-state index in [9.17, 15) is 9.18 Å². The number of nitrogens with zero attached hydrogens (tertiary/aromatic N) is 4. The number of anilines is 5. The lowest BCUT2D eigenvalue weighted by Crippen LogP contribution is -2.52. The van der Waals surface area contributed by atoms with Gasteiger partial charge in [-0.25, -0.2) is 13.8 Å². The van der Waals surface area contributed by atoms with Crippen LogP contribution in [0.1, 0.15) is 0 Å². The van der Waals surface area contributed by atoms with Gasteiger partial charge >= 0.3 is 0 Å². The number of nitrogens with one attached hydrogen (secondary N) is 3. The Morgan fingerprint density at radius 3 is 2.67 bits per heavy atom. The maximum Gasteiger partial charge on any atom is 0.247 e. The van der Waals surface area contributed by atoms with Crippen molar-refractivity contribution >= 4 is 41.0 Å². The second-order valence-electron chi connectivity index (χ2n) is 8.53. The molecule has 0 radical (unpaired) electrons. The van der Waals surface area contributed by atoms with Gasteiger partial charge in [0, 0.05) is 57.1 Å². The summed E-state index contributed by atoms with van der Waals surface area (Å²) in [5.74, 6) is -1.16. The molecule has 202 valence electrons. The van der Waals surface area contributed by atoms with Crippen molar-refractivity contribution in [3.8, 4) is 11.1 Å². The van der Waals surface area contributed by atoms with Gasteiger partial charge in [0.25, 0.3) is 0 Å². The number of hydrogen-bond acceptors (Lipinski definition) is 9. The van der Waals surface area contributed by atoms with Crippen LogP contribution in [0.15, 0.2) is 72.1 Å². The molecule has 1 aromatic heterocycles. The normalized spacial score (nSPS) is 13.7. The van der Waals surface area contributed by atoms with Crippen molar-refractivity contribution in [2.45, 2.75) is 6.10 Å². The van der Waals surface area contributed by atoms with Gasteiger partial charge in [-0.05, 0) is 42.0 Å². The Hall–Kier alpha value is -4.84. The number of methoxy groups -OCH3 is 1. The highest BCUT2D eigenvalue weighted by molar-refractivity contribution is 5.99. The first kappa shape index (κ1) is 27.2. The molecule has 2 heterocycles. The van der Waals surface area contributed by atoms with Gasteiger partial charge in [0.1, 0.15) is 17.5 Å². The van der Waals surface area contributed by atoms with Crippen LogP contribution in [0.3, 0.4) is 0 Å². The van der Waals surface area contributed by atoms with Gasteiger partial charge in [-0.2, -0.15) is 4.98 Å². The molecule has 0 atom stereocenters. The quantitative estimate of drug-likeness (QED) is 0.227. The molecule has 1 saturated heterocycles. The van der Waals surface area contributed by atoms with Gasteiger partial charge in [0.15, 0.2) is 0 Å². The monoisotopic (exact) mass is 534 g/mol. The maximum absolute atomic E-state index is 15.2. The number of halogens is 2. The molecule has 1 aliphatic rings. The van der Waals surface area contributed by atoms with Crippen molar-refractivity contribution in [2.75, 3.05) is 48.1 Å². The molecule has 2 aromatic carbocycles. The Bertz CT molecular complexity index is 1440. The van der Waals surface area contributed by atoms with Gasteiger partial charge in [-0.15, -0.1) is 0 Å². The molecule has 4 rings (SSSR count). The van der Waals surface area contributed by atoms with Gasteiger partial charge in [-0.3, -0.25) is 9.79 Å². The minimum Gasteiger partial charge on any atom is -0.403 e. The lowest BCUT2D eigenvalue weighted by Gasteiger charge is -2.40. The van der Waals surface area contributed by atoms with Gasteiger partial charge in [-0.1, -0.05) is 12.6 Å². The van der Waals surface area contributed by atoms with Crippen molar-refractivity contribution in [3.05, 3.63) is 78.8 Å². The number of carbonyl (C=O) groups is 1. The number of nitrogens with two attached hydrogens (primary N) is 1. The number of hydrogen-bond donors (Lipinski definition) is 4. The van der Waals surface area contributed by atoms with E-state index in [0.717, 1.165) is 6.08 Å². The second-order valence-corrected chi connectivity index (χ2v) is 8.53. The fourth-order valence-corrected chi connectivity index (χ4v) is 3.87. The van der Waals surface area contributed by atoms with Gasteiger partial charge in [0.05, 0.1) is 23.2 Å². The number of allylic oxidation sites excluding steroid dienone is 1. The third-order valence-electron chi connectivity index (χ3n) is 5.95. The molecule has 0 bridgehead atoms. The zero-order chi connectivity index (χ0) is 27.9. The first-order chi connectivity index (χ1) is 18.8. The van der Waals surface area contributed by atoms with Crippen LogP contribution in [0.5, 0.6) is 0 Å². The van der Waals surface area contributed by atoms with Crippen LogP contribution >= 0.6 is 0 Å². The minimum atomic E-state index is -0.599. The summed E-state index contributed by atoms with van der Waals surface area (Å²) >= 11 is 0. The highest BCUT2D eigenvalue weighted by Gasteiger charge is 2.28. The number of benzene rings is 2. The van der Waals surface area contributed by atoms with E-state index in [4.69, 9.17) is 10.5 Å². The predicted octanol–water partition coefficient (Wildman–Crippen LogP) is 4.04. The Labute approximate surface area is 224 Å². The molecule has 1 amide bonds. The summed E-state index contributed by atoms with van der Waals surface area (Å²) in [6.45, 7) is 4.61. The molecule has 10 nitrogen and oxygen atoms in total. The molecule has 0 spiro atoms. The lowest BCUT2D eigenvalue weighted by atomic mass is 10.0. The van der Waals surface area contributed by atoms with Crippen LogP contribution in [0.2, 0.25) is 0 Å². The summed E-state index contributed by atoms with van der Waals surface area (Å²) in [6, 6.07) is 8.80. The number of carbonyl (C=O) groups excluding carboxylic acids is 1. The summed E-state index contributed by atoms with van der Waals surface area (Å²) < 4.78 is 35.2. The number of aromatic nitrogens is 2. The molecule has 12 heteroatoms. The number of aliphatic imine (C=N–C) groups is 1. The fourth-order valence-electron chi connectivity index (χ4n) is 3.87. The Morgan fingerprint density at radius 1 is 1.21 bits per heavy atom. The van der Waals surface area contributed by atoms with Crippen molar-refractivity contribution in [2.24, 2.45) is 10.7 Å². The Kier molecular flexibility index (Phi) is 8.46. The van der Waals surface area contributed by atoms with E-state index in [2.05, 4.69) is 37.5 Å². The Balaban J connectivity index is 1.72. The van der Waals surface area contributed by atoms with E-state index < -0.39 is 17.5 Å². The number of ether oxygens (including phenoxy) is 1. The Morgan fingerprint density at radius 2 is 2.00 bits per heavy atom. The highest BCUT2D eigenvalue weighted by atomic mass is 19.1. The maximum atomic E-state index is 15.2. The summed E-state index contributed by atoms with van der Waals surface area (Å²) in [6.07, 6.45) is 5.43. The second kappa shape index (κ2) is 12.1. The topological polar surface area (TPSA) is 130 Å². The van der Waals surface area contributed by atoms with Crippen LogP contribution in [-0.4, -0.2) is 55.4 Å². The molecular weight excluding hydrogens is 506 g/mol. The molecule has 39 heavy (non-hydrogen) atoms. The van der Waals surface area contributed by atoms with E-state index >= 15 is 4.39 Å². The van der Waals surface area contributed by atoms with E-state index in [-0.39, 0.29) is 23.6 Å². The average Bonchev–Trinajstić information content (AvgIpc) is 2.90. The van der Waals surface area contributed by atoms with E-state index in [0.29, 0.717) is 41.3 Å². The van der Waals surface area contributed by atoms with Gasteiger partial charge in [0.2, 0.25) is 11.9 Å². The van der Waals surface area contributed by atoms with Crippen LogP contribution in [0.25, 0.3) is 11.1 Å². The van der Waals surface area contributed by atoms with Crippen LogP contribution in [0.4, 0.5) is 37.6 Å². The fraction of sp³-hybridized carbons (Fsp3) is 0.185. The molecule has 1 fully saturated rings. The molecular formula is C27H28F2N8O2. The van der Waals surface area contributed by atoms with Crippen LogP contribution in [-0.2, 0) is 9.53 Å². The predicted molar refractivity (Wildman–Crippen MR) is 149 cm³/mol. The summed E-state index contributed by atoms with van der Waals surface area (Å²) in [7, 11) is 3.21. The largest absolute Gasteiger partial charge is 0.403 e. The van der Waals surface area contributed by atoms with Crippen molar-refractivity contribution in [1.82, 2.24) is 9.97 Å². The number of rotatable bonds is 10. The average molecular weight is 535 g/mol. The zero-order valence-electron chi connectivity index (χ0n) is 21.4. The summed E-state index contributed by atoms with van der Waals surface area (Å²) in [5.41, 5.74) is 7.75. The molecule has 0 aliphatic carbocycles. The standard InChI is InChI=1S/C27H28F2N8O2/c1-4-25(38)33-17-6-7-21(28)23(10-17)35-26-20(13-32-27(36-26)34-18(11-30)12-31-2)16-5-8-24(22(29)9-16)37-14-19(15-37)39-3/h4-13,19H,1,14-15,30H2,2-3H3,(H,33,38)(H2,32,34,35,36)/b18-11+,31-12?. The van der Waals surface area contributed by atoms with E-state index in [1.807, 2.05) is 4.90 Å². The van der Waals surface area contributed by atoms with Gasteiger partial charge < -0.3 is 31.3 Å². The molecule has 5 N–H and O–H groups in total. The molecule has 0 saturated carbocycles. The van der Waals surface area contributed by atoms with Crippen LogP contribution < -0.4 is 26.6 Å².